The number of phenolic OH excluding ortho intramolecular Hbond substituents is 1. The Kier molecular flexibility index (Phi) is 3.60. The van der Waals surface area contributed by atoms with E-state index in [0.717, 1.165) is 5.56 Å². The van der Waals surface area contributed by atoms with E-state index >= 15 is 0 Å². The highest BCUT2D eigenvalue weighted by atomic mass is 16.4. The lowest BCUT2D eigenvalue weighted by Gasteiger charge is -2.31. The Morgan fingerprint density at radius 3 is 2.38 bits per heavy atom. The summed E-state index contributed by atoms with van der Waals surface area (Å²) in [6, 6.07) is 4.69. The van der Waals surface area contributed by atoms with Crippen LogP contribution in [0.5, 0.6) is 5.75 Å². The molecule has 2 rings (SSSR count). The van der Waals surface area contributed by atoms with E-state index in [1.165, 1.54) is 19.1 Å². The Morgan fingerprint density at radius 2 is 1.86 bits per heavy atom. The summed E-state index contributed by atoms with van der Waals surface area (Å²) in [7, 11) is 0. The van der Waals surface area contributed by atoms with Crippen molar-refractivity contribution in [2.24, 2.45) is 5.41 Å². The quantitative estimate of drug-likeness (QED) is 0.794. The number of carboxylic acids is 2. The van der Waals surface area contributed by atoms with Crippen molar-refractivity contribution < 1.29 is 24.9 Å². The largest absolute Gasteiger partial charge is 0.508 e. The molecule has 0 saturated carbocycles. The molecule has 0 aliphatic heterocycles. The molecule has 0 aromatic heterocycles. The topological polar surface area (TPSA) is 94.8 Å². The van der Waals surface area contributed by atoms with Gasteiger partial charge in [0.15, 0.2) is 0 Å². The van der Waals surface area contributed by atoms with Gasteiger partial charge in [0.25, 0.3) is 0 Å². The van der Waals surface area contributed by atoms with Gasteiger partial charge < -0.3 is 15.3 Å². The van der Waals surface area contributed by atoms with Crippen molar-refractivity contribution in [3.8, 4) is 5.75 Å². The maximum absolute atomic E-state index is 11.7. The van der Waals surface area contributed by atoms with Crippen LogP contribution < -0.4 is 0 Å². The number of phenols is 1. The molecular weight excluding hydrogens is 272 g/mol. The van der Waals surface area contributed by atoms with Crippen LogP contribution in [-0.4, -0.2) is 27.3 Å². The highest BCUT2D eigenvalue weighted by Crippen LogP contribution is 2.44. The molecule has 0 amide bonds. The third-order valence-electron chi connectivity index (χ3n) is 3.84. The molecule has 1 aromatic rings. The fourth-order valence-corrected chi connectivity index (χ4v) is 2.58. The van der Waals surface area contributed by atoms with E-state index < -0.39 is 17.4 Å². The lowest BCUT2D eigenvalue weighted by molar-refractivity contribution is -0.144. The van der Waals surface area contributed by atoms with Crippen molar-refractivity contribution >= 4 is 17.5 Å². The van der Waals surface area contributed by atoms with Gasteiger partial charge in [0.1, 0.15) is 5.75 Å². The average Bonchev–Trinajstić information content (AvgIpc) is 2.39. The molecule has 21 heavy (non-hydrogen) atoms. The average molecular weight is 288 g/mol. The predicted octanol–water partition coefficient (Wildman–Crippen LogP) is 2.59. The number of allylic oxidation sites excluding steroid dienone is 2. The summed E-state index contributed by atoms with van der Waals surface area (Å²) in [5.41, 5.74) is 0.723. The number of aliphatic carboxylic acids is 2. The van der Waals surface area contributed by atoms with Gasteiger partial charge in [-0.1, -0.05) is 18.2 Å². The maximum Gasteiger partial charge on any atom is 0.331 e. The molecule has 5 heteroatoms. The third kappa shape index (κ3) is 2.54. The predicted molar refractivity (Wildman–Crippen MR) is 76.9 cm³/mol. The Labute approximate surface area is 121 Å². The smallest absolute Gasteiger partial charge is 0.331 e. The van der Waals surface area contributed by atoms with Gasteiger partial charge in [-0.2, -0.15) is 0 Å². The molecule has 1 aliphatic rings. The minimum atomic E-state index is -1.32. The Morgan fingerprint density at radius 1 is 1.19 bits per heavy atom. The molecule has 0 saturated heterocycles. The SMILES string of the molecule is Cc1cc(O)ccc1C1=CC=C(C(=O)O)CC1(C)C(=O)O. The van der Waals surface area contributed by atoms with Crippen LogP contribution in [0.15, 0.2) is 35.9 Å². The van der Waals surface area contributed by atoms with E-state index in [4.69, 9.17) is 5.11 Å². The third-order valence-corrected chi connectivity index (χ3v) is 3.84. The van der Waals surface area contributed by atoms with E-state index in [2.05, 4.69) is 0 Å². The fourth-order valence-electron chi connectivity index (χ4n) is 2.58. The van der Waals surface area contributed by atoms with Crippen LogP contribution in [0, 0.1) is 12.3 Å². The second-order valence-corrected chi connectivity index (χ2v) is 5.39. The molecule has 5 nitrogen and oxygen atoms in total. The van der Waals surface area contributed by atoms with Gasteiger partial charge >= 0.3 is 11.9 Å². The van der Waals surface area contributed by atoms with Gasteiger partial charge in [-0.15, -0.1) is 0 Å². The monoisotopic (exact) mass is 288 g/mol. The van der Waals surface area contributed by atoms with Crippen LogP contribution in [0.3, 0.4) is 0 Å². The lowest BCUT2D eigenvalue weighted by Crippen LogP contribution is -2.32. The van der Waals surface area contributed by atoms with E-state index in [-0.39, 0.29) is 17.7 Å². The van der Waals surface area contributed by atoms with Crippen LogP contribution >= 0.6 is 0 Å². The molecule has 0 bridgehead atoms. The van der Waals surface area contributed by atoms with Crippen LogP contribution in [0.25, 0.3) is 5.57 Å². The number of aromatic hydroxyl groups is 1. The zero-order valence-electron chi connectivity index (χ0n) is 11.8. The second kappa shape index (κ2) is 5.09. The Bertz CT molecular complexity index is 684. The van der Waals surface area contributed by atoms with E-state index in [1.54, 1.807) is 25.1 Å². The number of benzene rings is 1. The summed E-state index contributed by atoms with van der Waals surface area (Å²) in [6.07, 6.45) is 2.90. The van der Waals surface area contributed by atoms with Crippen LogP contribution in [-0.2, 0) is 9.59 Å². The number of hydrogen-bond donors (Lipinski definition) is 3. The summed E-state index contributed by atoms with van der Waals surface area (Å²) >= 11 is 0. The highest BCUT2D eigenvalue weighted by Gasteiger charge is 2.41. The first-order valence-electron chi connectivity index (χ1n) is 6.43. The van der Waals surface area contributed by atoms with Crippen molar-refractivity contribution in [3.05, 3.63) is 47.1 Å². The van der Waals surface area contributed by atoms with E-state index in [9.17, 15) is 19.8 Å². The molecule has 110 valence electrons. The minimum Gasteiger partial charge on any atom is -0.508 e. The van der Waals surface area contributed by atoms with Crippen molar-refractivity contribution in [2.45, 2.75) is 20.3 Å². The number of carbonyl (C=O) groups is 2. The molecule has 3 N–H and O–H groups in total. The summed E-state index contributed by atoms with van der Waals surface area (Å²) in [5.74, 6) is -2.08. The Hall–Kier alpha value is -2.56. The normalized spacial score (nSPS) is 21.4. The van der Waals surface area contributed by atoms with E-state index in [1.807, 2.05) is 0 Å². The highest BCUT2D eigenvalue weighted by molar-refractivity contribution is 5.98. The molecule has 1 unspecified atom stereocenters. The molecule has 0 heterocycles. The van der Waals surface area contributed by atoms with Gasteiger partial charge in [-0.25, -0.2) is 4.79 Å². The first-order valence-corrected chi connectivity index (χ1v) is 6.43. The molecule has 1 aromatic carbocycles. The molecular formula is C16H16O5. The minimum absolute atomic E-state index is 0.0695. The van der Waals surface area contributed by atoms with Crippen LogP contribution in [0.4, 0.5) is 0 Å². The zero-order chi connectivity index (χ0) is 15.8. The van der Waals surface area contributed by atoms with Crippen molar-refractivity contribution in [1.29, 1.82) is 0 Å². The summed E-state index contributed by atoms with van der Waals surface area (Å²) in [6.45, 7) is 3.29. The summed E-state index contributed by atoms with van der Waals surface area (Å²) in [5, 5.41) is 28.1. The molecule has 0 spiro atoms. The number of rotatable bonds is 3. The number of aryl methyl sites for hydroxylation is 1. The van der Waals surface area contributed by atoms with Crippen molar-refractivity contribution in [1.82, 2.24) is 0 Å². The molecule has 0 fully saturated rings. The van der Waals surface area contributed by atoms with E-state index in [0.29, 0.717) is 11.1 Å². The van der Waals surface area contributed by atoms with Gasteiger partial charge in [0.2, 0.25) is 0 Å². The van der Waals surface area contributed by atoms with Gasteiger partial charge in [-0.3, -0.25) is 4.79 Å². The lowest BCUT2D eigenvalue weighted by atomic mass is 9.70. The van der Waals surface area contributed by atoms with Crippen molar-refractivity contribution in [3.63, 3.8) is 0 Å². The standard InChI is InChI=1S/C16H16O5/c1-9-7-11(17)4-5-12(9)13-6-3-10(14(18)19)8-16(13,2)15(20)21/h3-7,17H,8H2,1-2H3,(H,18,19)(H,20,21). The first-order chi connectivity index (χ1) is 9.75. The van der Waals surface area contributed by atoms with Crippen LogP contribution in [0.2, 0.25) is 0 Å². The number of hydrogen-bond acceptors (Lipinski definition) is 3. The Balaban J connectivity index is 2.62. The summed E-state index contributed by atoms with van der Waals surface area (Å²) < 4.78 is 0. The van der Waals surface area contributed by atoms with Crippen molar-refractivity contribution in [2.75, 3.05) is 0 Å². The van der Waals surface area contributed by atoms with Gasteiger partial charge in [0, 0.05) is 5.57 Å². The zero-order valence-corrected chi connectivity index (χ0v) is 11.8. The van der Waals surface area contributed by atoms with Crippen LogP contribution in [0.1, 0.15) is 24.5 Å². The maximum atomic E-state index is 11.7. The first kappa shape index (κ1) is 14.8. The summed E-state index contributed by atoms with van der Waals surface area (Å²) in [4.78, 5) is 22.8. The second-order valence-electron chi connectivity index (χ2n) is 5.39. The molecule has 1 atom stereocenters. The molecule has 0 radical (unpaired) electrons. The fraction of sp³-hybridized carbons (Fsp3) is 0.250. The molecule has 1 aliphatic carbocycles. The van der Waals surface area contributed by atoms with Gasteiger partial charge in [-0.05, 0) is 49.1 Å². The van der Waals surface area contributed by atoms with Gasteiger partial charge in [0.05, 0.1) is 5.41 Å². The number of carboxylic acid groups (broad SMARTS) is 2.